The highest BCUT2D eigenvalue weighted by Gasteiger charge is 2.48. The van der Waals surface area contributed by atoms with E-state index in [-0.39, 0.29) is 12.4 Å². The van der Waals surface area contributed by atoms with Crippen molar-refractivity contribution in [1.29, 1.82) is 0 Å². The Balaban J connectivity index is 4.02. The summed E-state index contributed by atoms with van der Waals surface area (Å²) in [6, 6.07) is 0. The number of carbonyl (C=O) groups excluding carboxylic acids is 1. The van der Waals surface area contributed by atoms with Crippen LogP contribution in [-0.4, -0.2) is 30.7 Å². The van der Waals surface area contributed by atoms with E-state index in [2.05, 4.69) is 0 Å². The van der Waals surface area contributed by atoms with Crippen LogP contribution in [0.3, 0.4) is 0 Å². The first-order valence-corrected chi connectivity index (χ1v) is 4.11. The van der Waals surface area contributed by atoms with Gasteiger partial charge in [0, 0.05) is 12.4 Å². The maximum Gasteiger partial charge on any atom is 0.383 e. The smallest absolute Gasteiger partial charge is 0.347 e. The van der Waals surface area contributed by atoms with Crippen LogP contribution in [0.1, 0.15) is 0 Å². The van der Waals surface area contributed by atoms with E-state index >= 15 is 0 Å². The summed E-state index contributed by atoms with van der Waals surface area (Å²) in [5.74, 6) is -6.48. The minimum Gasteiger partial charge on any atom is -0.347 e. The molecule has 0 saturated heterocycles. The molecule has 0 rings (SSSR count). The Labute approximate surface area is 82.9 Å². The molecular weight excluding hydrogens is 226 g/mol. The van der Waals surface area contributed by atoms with Gasteiger partial charge in [0.1, 0.15) is 0 Å². The van der Waals surface area contributed by atoms with Gasteiger partial charge in [0.05, 0.1) is 0 Å². The molecule has 82 valence electrons. The molecule has 7 heteroatoms. The molecule has 0 radical (unpaired) electrons. The van der Waals surface area contributed by atoms with E-state index in [0.29, 0.717) is 0 Å². The molecule has 14 heavy (non-hydrogen) atoms. The molecule has 0 aromatic heterocycles. The molecule has 1 N–H and O–H groups in total. The minimum atomic E-state index is -4.64. The van der Waals surface area contributed by atoms with Gasteiger partial charge in [-0.25, -0.2) is 8.78 Å². The fraction of sp³-hybridized carbons (Fsp3) is 0.571. The summed E-state index contributed by atoms with van der Waals surface area (Å²) in [4.78, 5) is 10.5. The summed E-state index contributed by atoms with van der Waals surface area (Å²) < 4.78 is 47.7. The van der Waals surface area contributed by atoms with Crippen molar-refractivity contribution in [2.24, 2.45) is 0 Å². The number of nitrogens with one attached hydrogen (secondary N) is 1. The van der Waals surface area contributed by atoms with Crippen molar-refractivity contribution >= 4 is 17.5 Å². The van der Waals surface area contributed by atoms with E-state index in [4.69, 9.17) is 11.6 Å². The summed E-state index contributed by atoms with van der Waals surface area (Å²) in [6.45, 7) is -0.256. The van der Waals surface area contributed by atoms with Crippen LogP contribution in [0.15, 0.2) is 12.2 Å². The third-order valence-corrected chi connectivity index (χ3v) is 1.39. The zero-order valence-electron chi connectivity index (χ0n) is 6.94. The number of carbonyl (C=O) groups is 1. The Morgan fingerprint density at radius 2 is 2.00 bits per heavy atom. The molecule has 0 aromatic rings. The topological polar surface area (TPSA) is 29.1 Å². The van der Waals surface area contributed by atoms with Crippen LogP contribution in [-0.2, 0) is 4.79 Å². The maximum atomic E-state index is 12.2. The van der Waals surface area contributed by atoms with Crippen LogP contribution in [0.2, 0.25) is 0 Å². The van der Waals surface area contributed by atoms with Crippen LogP contribution in [0, 0.1) is 0 Å². The van der Waals surface area contributed by atoms with Gasteiger partial charge in [0.15, 0.2) is 0 Å². The number of amides is 1. The summed E-state index contributed by atoms with van der Waals surface area (Å²) in [6.07, 6.45) is -1.33. The van der Waals surface area contributed by atoms with Crippen molar-refractivity contribution in [3.63, 3.8) is 0 Å². The first-order valence-electron chi connectivity index (χ1n) is 3.58. The molecule has 0 aliphatic carbocycles. The van der Waals surface area contributed by atoms with Crippen LogP contribution < -0.4 is 5.32 Å². The molecule has 2 nitrogen and oxygen atoms in total. The van der Waals surface area contributed by atoms with Gasteiger partial charge in [-0.1, -0.05) is 12.2 Å². The molecule has 0 aromatic carbocycles. The number of hydrogen-bond acceptors (Lipinski definition) is 1. The minimum absolute atomic E-state index is 0.154. The molecule has 0 saturated carbocycles. The molecule has 0 bridgehead atoms. The lowest BCUT2D eigenvalue weighted by molar-refractivity contribution is -0.169. The Morgan fingerprint density at radius 1 is 1.43 bits per heavy atom. The maximum absolute atomic E-state index is 12.2. The summed E-state index contributed by atoms with van der Waals surface area (Å²) in [5, 5.41) is 1.62. The van der Waals surface area contributed by atoms with Gasteiger partial charge >= 0.3 is 12.3 Å². The number of hydrogen-bond donors (Lipinski definition) is 1. The molecule has 0 fully saturated rings. The van der Waals surface area contributed by atoms with Gasteiger partial charge in [-0.2, -0.15) is 8.78 Å². The number of alkyl halides is 5. The quantitative estimate of drug-likeness (QED) is 0.438. The standard InChI is InChI=1S/C7H8ClF4NO/c8-3-1-2-4-13-6(14)7(11,12)5(9)10/h1-2,5H,3-4H2,(H,13,14)/b2-1+. The average molecular weight is 234 g/mol. The predicted molar refractivity (Wildman–Crippen MR) is 43.8 cm³/mol. The third-order valence-electron chi connectivity index (χ3n) is 1.21. The van der Waals surface area contributed by atoms with Crippen molar-refractivity contribution in [3.8, 4) is 0 Å². The molecule has 0 aliphatic heterocycles. The molecule has 0 unspecified atom stereocenters. The highest BCUT2D eigenvalue weighted by Crippen LogP contribution is 2.22. The van der Waals surface area contributed by atoms with Crippen molar-refractivity contribution in [1.82, 2.24) is 5.32 Å². The lowest BCUT2D eigenvalue weighted by Gasteiger charge is -2.13. The Kier molecular flexibility index (Phi) is 5.52. The number of rotatable bonds is 5. The monoisotopic (exact) mass is 233 g/mol. The SMILES string of the molecule is O=C(NC/C=C/CCl)C(F)(F)C(F)F. The summed E-state index contributed by atoms with van der Waals surface area (Å²) >= 11 is 5.19. The van der Waals surface area contributed by atoms with Crippen molar-refractivity contribution < 1.29 is 22.4 Å². The van der Waals surface area contributed by atoms with Crippen molar-refractivity contribution in [2.45, 2.75) is 12.3 Å². The van der Waals surface area contributed by atoms with E-state index < -0.39 is 18.3 Å². The Hall–Kier alpha value is -0.780. The van der Waals surface area contributed by atoms with E-state index in [1.54, 1.807) is 5.32 Å². The van der Waals surface area contributed by atoms with Gasteiger partial charge in [-0.05, 0) is 0 Å². The second-order valence-corrected chi connectivity index (χ2v) is 2.57. The lowest BCUT2D eigenvalue weighted by atomic mass is 10.3. The predicted octanol–water partition coefficient (Wildman–Crippen LogP) is 1.80. The van der Waals surface area contributed by atoms with Crippen LogP contribution in [0.4, 0.5) is 17.6 Å². The molecule has 0 heterocycles. The highest BCUT2D eigenvalue weighted by molar-refractivity contribution is 6.18. The largest absolute Gasteiger partial charge is 0.383 e. The Morgan fingerprint density at radius 3 is 2.43 bits per heavy atom. The van der Waals surface area contributed by atoms with Crippen molar-refractivity contribution in [3.05, 3.63) is 12.2 Å². The normalized spacial score (nSPS) is 12.4. The van der Waals surface area contributed by atoms with E-state index in [0.717, 1.165) is 0 Å². The third kappa shape index (κ3) is 3.95. The van der Waals surface area contributed by atoms with Gasteiger partial charge in [0.2, 0.25) is 0 Å². The van der Waals surface area contributed by atoms with E-state index in [9.17, 15) is 22.4 Å². The zero-order valence-corrected chi connectivity index (χ0v) is 7.70. The van der Waals surface area contributed by atoms with Gasteiger partial charge in [0.25, 0.3) is 5.91 Å². The van der Waals surface area contributed by atoms with Crippen molar-refractivity contribution in [2.75, 3.05) is 12.4 Å². The summed E-state index contributed by atoms with van der Waals surface area (Å²) in [5.41, 5.74) is 0. The number of allylic oxidation sites excluding steroid dienone is 1. The van der Waals surface area contributed by atoms with E-state index in [1.807, 2.05) is 0 Å². The second-order valence-electron chi connectivity index (χ2n) is 2.26. The highest BCUT2D eigenvalue weighted by atomic mass is 35.5. The first kappa shape index (κ1) is 13.2. The zero-order chi connectivity index (χ0) is 11.2. The van der Waals surface area contributed by atoms with E-state index in [1.165, 1.54) is 12.2 Å². The van der Waals surface area contributed by atoms with Crippen LogP contribution in [0.5, 0.6) is 0 Å². The lowest BCUT2D eigenvalue weighted by Crippen LogP contribution is -2.45. The molecular formula is C7H8ClF4NO. The second kappa shape index (κ2) is 5.85. The first-order chi connectivity index (χ1) is 6.42. The molecule has 0 aliphatic rings. The summed E-state index contributed by atoms with van der Waals surface area (Å²) in [7, 11) is 0. The molecule has 1 amide bonds. The fourth-order valence-electron chi connectivity index (χ4n) is 0.515. The number of halogens is 5. The Bertz CT molecular complexity index is 220. The molecule has 0 spiro atoms. The van der Waals surface area contributed by atoms with Gasteiger partial charge in [-0.15, -0.1) is 11.6 Å². The van der Waals surface area contributed by atoms with Gasteiger partial charge in [-0.3, -0.25) is 4.79 Å². The van der Waals surface area contributed by atoms with Crippen LogP contribution in [0.25, 0.3) is 0 Å². The average Bonchev–Trinajstić information content (AvgIpc) is 2.11. The van der Waals surface area contributed by atoms with Gasteiger partial charge < -0.3 is 5.32 Å². The molecule has 0 atom stereocenters. The van der Waals surface area contributed by atoms with Crippen LogP contribution >= 0.6 is 11.6 Å². The fourth-order valence-corrected chi connectivity index (χ4v) is 0.641.